The van der Waals surface area contributed by atoms with Gasteiger partial charge in [-0.25, -0.2) is 0 Å². The number of benzene rings is 1. The van der Waals surface area contributed by atoms with Crippen LogP contribution in [-0.2, 0) is 4.74 Å². The van der Waals surface area contributed by atoms with Crippen molar-refractivity contribution >= 4 is 5.69 Å². The van der Waals surface area contributed by atoms with Crippen LogP contribution in [0.25, 0.3) is 0 Å². The van der Waals surface area contributed by atoms with E-state index in [1.165, 1.54) is 11.3 Å². The molecule has 0 radical (unpaired) electrons. The van der Waals surface area contributed by atoms with E-state index in [9.17, 15) is 0 Å². The minimum Gasteiger partial charge on any atom is -0.383 e. The Bertz CT molecular complexity index is 337. The number of nitrogens with one attached hydrogen (secondary N) is 1. The number of hydrogen-bond donors (Lipinski definition) is 1. The molecule has 2 heteroatoms. The number of ether oxygens (including phenoxy) is 1. The van der Waals surface area contributed by atoms with E-state index >= 15 is 0 Å². The number of methoxy groups -OCH3 is 1. The summed E-state index contributed by atoms with van der Waals surface area (Å²) in [5.41, 5.74) is 2.70. The van der Waals surface area contributed by atoms with E-state index in [-0.39, 0.29) is 0 Å². The molecule has 0 fully saturated rings. The van der Waals surface area contributed by atoms with Gasteiger partial charge in [0.15, 0.2) is 0 Å². The summed E-state index contributed by atoms with van der Waals surface area (Å²) < 4.78 is 5.25. The van der Waals surface area contributed by atoms with Gasteiger partial charge in [0.2, 0.25) is 0 Å². The van der Waals surface area contributed by atoms with Crippen LogP contribution in [0.1, 0.15) is 25.3 Å². The van der Waals surface area contributed by atoms with Gasteiger partial charge in [-0.15, -0.1) is 0 Å². The summed E-state index contributed by atoms with van der Waals surface area (Å²) in [7, 11) is 1.76. The van der Waals surface area contributed by atoms with Crippen molar-refractivity contribution < 1.29 is 4.74 Å². The zero-order chi connectivity index (χ0) is 10.8. The minimum absolute atomic E-state index is 0.430. The zero-order valence-electron chi connectivity index (χ0n) is 9.66. The average molecular weight is 205 g/mol. The lowest BCUT2D eigenvalue weighted by Crippen LogP contribution is -2.38. The summed E-state index contributed by atoms with van der Waals surface area (Å²) in [4.78, 5) is 0. The Kier molecular flexibility index (Phi) is 2.96. The van der Waals surface area contributed by atoms with Crippen molar-refractivity contribution in [2.45, 2.75) is 25.8 Å². The Morgan fingerprint density at radius 1 is 1.27 bits per heavy atom. The zero-order valence-corrected chi connectivity index (χ0v) is 9.66. The third kappa shape index (κ3) is 1.86. The average Bonchev–Trinajstić information content (AvgIpc) is 2.26. The highest BCUT2D eigenvalue weighted by atomic mass is 16.5. The molecule has 0 saturated carbocycles. The maximum absolute atomic E-state index is 5.25. The normalized spacial score (nSPS) is 29.4. The molecule has 0 saturated heterocycles. The van der Waals surface area contributed by atoms with Crippen LogP contribution < -0.4 is 5.32 Å². The fourth-order valence-corrected chi connectivity index (χ4v) is 2.36. The molecular weight excluding hydrogens is 186 g/mol. The molecule has 1 N–H and O–H groups in total. The number of fused-ring (bicyclic) bond motifs is 1. The smallest absolute Gasteiger partial charge is 0.0666 e. The summed E-state index contributed by atoms with van der Waals surface area (Å²) in [5.74, 6) is 1.21. The summed E-state index contributed by atoms with van der Waals surface area (Å²) >= 11 is 0. The van der Waals surface area contributed by atoms with Gasteiger partial charge in [-0.2, -0.15) is 0 Å². The van der Waals surface area contributed by atoms with Crippen LogP contribution in [0.5, 0.6) is 0 Å². The van der Waals surface area contributed by atoms with Crippen LogP contribution in [0.2, 0.25) is 0 Å². The summed E-state index contributed by atoms with van der Waals surface area (Å²) in [6, 6.07) is 8.99. The Balaban J connectivity index is 2.28. The molecule has 1 aromatic rings. The molecule has 0 amide bonds. The van der Waals surface area contributed by atoms with Gasteiger partial charge in [-0.3, -0.25) is 0 Å². The van der Waals surface area contributed by atoms with Crippen LogP contribution in [-0.4, -0.2) is 19.8 Å². The van der Waals surface area contributed by atoms with Gasteiger partial charge >= 0.3 is 0 Å². The van der Waals surface area contributed by atoms with Gasteiger partial charge in [0, 0.05) is 12.8 Å². The number of para-hydroxylation sites is 1. The van der Waals surface area contributed by atoms with E-state index in [4.69, 9.17) is 4.74 Å². The Morgan fingerprint density at radius 3 is 2.73 bits per heavy atom. The highest BCUT2D eigenvalue weighted by Crippen LogP contribution is 2.37. The minimum atomic E-state index is 0.430. The van der Waals surface area contributed by atoms with Crippen molar-refractivity contribution in [3.63, 3.8) is 0 Å². The van der Waals surface area contributed by atoms with Crippen LogP contribution in [0.3, 0.4) is 0 Å². The lowest BCUT2D eigenvalue weighted by molar-refractivity contribution is 0.160. The second kappa shape index (κ2) is 4.23. The van der Waals surface area contributed by atoms with Gasteiger partial charge < -0.3 is 10.1 Å². The van der Waals surface area contributed by atoms with E-state index in [0.717, 1.165) is 6.61 Å². The first-order valence-corrected chi connectivity index (χ1v) is 5.58. The van der Waals surface area contributed by atoms with Crippen molar-refractivity contribution in [2.24, 2.45) is 5.92 Å². The first kappa shape index (κ1) is 10.5. The maximum Gasteiger partial charge on any atom is 0.0666 e. The highest BCUT2D eigenvalue weighted by molar-refractivity contribution is 5.56. The fourth-order valence-electron chi connectivity index (χ4n) is 2.36. The predicted molar refractivity (Wildman–Crippen MR) is 63.3 cm³/mol. The largest absolute Gasteiger partial charge is 0.383 e. The monoisotopic (exact) mass is 205 g/mol. The van der Waals surface area contributed by atoms with E-state index in [2.05, 4.69) is 43.4 Å². The highest BCUT2D eigenvalue weighted by Gasteiger charge is 2.30. The summed E-state index contributed by atoms with van der Waals surface area (Å²) in [5, 5.41) is 3.55. The van der Waals surface area contributed by atoms with Crippen LogP contribution >= 0.6 is 0 Å². The Hall–Kier alpha value is -1.02. The SMILES string of the molecule is COC[C@@H]1Nc2ccccc2[C@H](C)[C@@H]1C. The molecule has 0 spiro atoms. The number of anilines is 1. The second-order valence-corrected chi connectivity index (χ2v) is 4.44. The molecule has 1 aromatic carbocycles. The van der Waals surface area contributed by atoms with Crippen molar-refractivity contribution in [1.82, 2.24) is 0 Å². The predicted octanol–water partition coefficient (Wildman–Crippen LogP) is 2.87. The summed E-state index contributed by atoms with van der Waals surface area (Å²) in [6.07, 6.45) is 0. The van der Waals surface area contributed by atoms with Crippen molar-refractivity contribution in [1.29, 1.82) is 0 Å². The molecule has 0 unspecified atom stereocenters. The van der Waals surface area contributed by atoms with Crippen molar-refractivity contribution in [3.05, 3.63) is 29.8 Å². The third-order valence-electron chi connectivity index (χ3n) is 3.56. The van der Waals surface area contributed by atoms with E-state index in [1.54, 1.807) is 7.11 Å². The lowest BCUT2D eigenvalue weighted by atomic mass is 9.80. The number of hydrogen-bond acceptors (Lipinski definition) is 2. The standard InChI is InChI=1S/C13H19NO/c1-9-10(2)13(8-15-3)14-12-7-5-4-6-11(9)12/h4-7,9-10,13-14H,8H2,1-3H3/t9-,10+,13+/m1/s1. The molecule has 1 heterocycles. The number of rotatable bonds is 2. The first-order chi connectivity index (χ1) is 7.24. The summed E-state index contributed by atoms with van der Waals surface area (Å²) in [6.45, 7) is 5.37. The molecule has 0 bridgehead atoms. The third-order valence-corrected chi connectivity index (χ3v) is 3.56. The molecule has 1 aliphatic heterocycles. The maximum atomic E-state index is 5.25. The second-order valence-electron chi connectivity index (χ2n) is 4.44. The molecule has 0 aromatic heterocycles. The van der Waals surface area contributed by atoms with E-state index in [0.29, 0.717) is 17.9 Å². The van der Waals surface area contributed by atoms with Crippen molar-refractivity contribution in [2.75, 3.05) is 19.0 Å². The Morgan fingerprint density at radius 2 is 2.00 bits per heavy atom. The van der Waals surface area contributed by atoms with E-state index in [1.807, 2.05) is 0 Å². The molecule has 0 aliphatic carbocycles. The molecule has 2 rings (SSSR count). The van der Waals surface area contributed by atoms with Crippen LogP contribution in [0.15, 0.2) is 24.3 Å². The van der Waals surface area contributed by atoms with Gasteiger partial charge in [0.05, 0.1) is 12.6 Å². The quantitative estimate of drug-likeness (QED) is 0.801. The lowest BCUT2D eigenvalue weighted by Gasteiger charge is -2.37. The molecule has 2 nitrogen and oxygen atoms in total. The van der Waals surface area contributed by atoms with Gasteiger partial charge in [0.25, 0.3) is 0 Å². The Labute approximate surface area is 91.6 Å². The van der Waals surface area contributed by atoms with Gasteiger partial charge in [-0.1, -0.05) is 32.0 Å². The fraction of sp³-hybridized carbons (Fsp3) is 0.538. The van der Waals surface area contributed by atoms with Gasteiger partial charge in [0.1, 0.15) is 0 Å². The molecule has 1 aliphatic rings. The topological polar surface area (TPSA) is 21.3 Å². The molecule has 82 valence electrons. The van der Waals surface area contributed by atoms with Gasteiger partial charge in [-0.05, 0) is 23.5 Å². The molecular formula is C13H19NO. The molecule has 15 heavy (non-hydrogen) atoms. The van der Waals surface area contributed by atoms with Crippen molar-refractivity contribution in [3.8, 4) is 0 Å². The first-order valence-electron chi connectivity index (χ1n) is 5.58. The van der Waals surface area contributed by atoms with E-state index < -0.39 is 0 Å². The van der Waals surface area contributed by atoms with Crippen LogP contribution in [0.4, 0.5) is 5.69 Å². The molecule has 3 atom stereocenters. The van der Waals surface area contributed by atoms with Crippen LogP contribution in [0, 0.1) is 5.92 Å².